The van der Waals surface area contributed by atoms with Crippen LogP contribution in [0.3, 0.4) is 0 Å². The van der Waals surface area contributed by atoms with Gasteiger partial charge < -0.3 is 9.47 Å². The van der Waals surface area contributed by atoms with E-state index in [1.54, 1.807) is 0 Å². The van der Waals surface area contributed by atoms with Crippen LogP contribution in [0.5, 0.6) is 0 Å². The van der Waals surface area contributed by atoms with Gasteiger partial charge in [0.15, 0.2) is 0 Å². The summed E-state index contributed by atoms with van der Waals surface area (Å²) in [5, 5.41) is 0. The summed E-state index contributed by atoms with van der Waals surface area (Å²) < 4.78 is 10.6. The topological polar surface area (TPSA) is 52.6 Å². The zero-order valence-corrected chi connectivity index (χ0v) is 18.2. The lowest BCUT2D eigenvalue weighted by Crippen LogP contribution is -2.14. The molecule has 0 saturated carbocycles. The van der Waals surface area contributed by atoms with E-state index in [0.717, 1.165) is 25.7 Å². The number of esters is 2. The van der Waals surface area contributed by atoms with Crippen LogP contribution in [0.4, 0.5) is 0 Å². The van der Waals surface area contributed by atoms with Crippen LogP contribution in [0, 0.1) is 5.92 Å². The maximum atomic E-state index is 11.8. The minimum absolute atomic E-state index is 0.194. The quantitative estimate of drug-likeness (QED) is 0.186. The average Bonchev–Trinajstić information content (AvgIpc) is 2.67. The molecule has 160 valence electrons. The molecule has 0 aliphatic heterocycles. The molecular weight excluding hydrogens is 340 g/mol. The summed E-state index contributed by atoms with van der Waals surface area (Å²) in [6.07, 6.45) is 15.5. The van der Waals surface area contributed by atoms with E-state index in [0.29, 0.717) is 38.4 Å². The molecule has 4 heteroatoms. The molecule has 0 bridgehead atoms. The van der Waals surface area contributed by atoms with E-state index in [4.69, 9.17) is 9.47 Å². The molecule has 0 radical (unpaired) electrons. The highest BCUT2D eigenvalue weighted by atomic mass is 16.5. The van der Waals surface area contributed by atoms with Crippen LogP contribution in [-0.4, -0.2) is 25.2 Å². The average molecular weight is 385 g/mol. The van der Waals surface area contributed by atoms with Crippen molar-refractivity contribution in [3.63, 3.8) is 0 Å². The lowest BCUT2D eigenvalue weighted by Gasteiger charge is -2.14. The molecule has 1 unspecified atom stereocenters. The Bertz CT molecular complexity index is 354. The Kier molecular flexibility index (Phi) is 18.9. The molecule has 0 rings (SSSR count). The maximum Gasteiger partial charge on any atom is 0.305 e. The Morgan fingerprint density at radius 1 is 0.667 bits per heavy atom. The van der Waals surface area contributed by atoms with Gasteiger partial charge in [0.25, 0.3) is 0 Å². The monoisotopic (exact) mass is 384 g/mol. The molecule has 0 saturated heterocycles. The van der Waals surface area contributed by atoms with Crippen LogP contribution in [0.15, 0.2) is 0 Å². The summed E-state index contributed by atoms with van der Waals surface area (Å²) in [5.41, 5.74) is 0. The second kappa shape index (κ2) is 19.7. The van der Waals surface area contributed by atoms with E-state index >= 15 is 0 Å². The van der Waals surface area contributed by atoms with Gasteiger partial charge in [-0.2, -0.15) is 0 Å². The van der Waals surface area contributed by atoms with Crippen LogP contribution in [0.2, 0.25) is 0 Å². The van der Waals surface area contributed by atoms with Crippen molar-refractivity contribution >= 4 is 11.9 Å². The van der Waals surface area contributed by atoms with Crippen LogP contribution in [0.25, 0.3) is 0 Å². The zero-order chi connectivity index (χ0) is 20.2. The summed E-state index contributed by atoms with van der Waals surface area (Å²) in [5.74, 6) is 0.0754. The first kappa shape index (κ1) is 25.9. The highest BCUT2D eigenvalue weighted by Crippen LogP contribution is 2.13. The van der Waals surface area contributed by atoms with E-state index in [1.807, 2.05) is 0 Å². The summed E-state index contributed by atoms with van der Waals surface area (Å²) in [4.78, 5) is 23.5. The number of hydrogen-bond acceptors (Lipinski definition) is 4. The molecule has 0 N–H and O–H groups in total. The van der Waals surface area contributed by atoms with E-state index in [-0.39, 0.29) is 11.9 Å². The third-order valence-corrected chi connectivity index (χ3v) is 5.05. The van der Waals surface area contributed by atoms with Gasteiger partial charge >= 0.3 is 11.9 Å². The Morgan fingerprint density at radius 2 is 1.22 bits per heavy atom. The fourth-order valence-electron chi connectivity index (χ4n) is 3.05. The molecule has 0 aromatic carbocycles. The van der Waals surface area contributed by atoms with Gasteiger partial charge in [0.2, 0.25) is 0 Å². The van der Waals surface area contributed by atoms with Crippen LogP contribution >= 0.6 is 0 Å². The number of carbonyl (C=O) groups is 2. The molecule has 0 aliphatic rings. The Morgan fingerprint density at radius 3 is 1.81 bits per heavy atom. The SMILES string of the molecule is CCCCCCCCCCOC(=O)CCCC(=O)OCC(CC)CCCC. The predicted molar refractivity (Wildman–Crippen MR) is 112 cm³/mol. The fraction of sp³-hybridized carbons (Fsp3) is 0.913. The smallest absolute Gasteiger partial charge is 0.305 e. The van der Waals surface area contributed by atoms with Crippen molar-refractivity contribution in [1.82, 2.24) is 0 Å². The lowest BCUT2D eigenvalue weighted by molar-refractivity contribution is -0.146. The molecular formula is C23H44O4. The first-order chi connectivity index (χ1) is 13.1. The summed E-state index contributed by atoms with van der Waals surface area (Å²) in [6, 6.07) is 0. The van der Waals surface area contributed by atoms with Gasteiger partial charge in [-0.3, -0.25) is 9.59 Å². The van der Waals surface area contributed by atoms with Gasteiger partial charge in [-0.05, 0) is 25.2 Å². The van der Waals surface area contributed by atoms with Crippen LogP contribution < -0.4 is 0 Å². The largest absolute Gasteiger partial charge is 0.466 e. The Labute approximate surface area is 167 Å². The zero-order valence-electron chi connectivity index (χ0n) is 18.2. The van der Waals surface area contributed by atoms with Crippen molar-refractivity contribution in [2.75, 3.05) is 13.2 Å². The maximum absolute atomic E-state index is 11.8. The van der Waals surface area contributed by atoms with Crippen molar-refractivity contribution < 1.29 is 19.1 Å². The van der Waals surface area contributed by atoms with Gasteiger partial charge in [-0.25, -0.2) is 0 Å². The van der Waals surface area contributed by atoms with Crippen molar-refractivity contribution in [2.24, 2.45) is 5.92 Å². The number of hydrogen-bond donors (Lipinski definition) is 0. The molecule has 0 fully saturated rings. The Balaban J connectivity index is 3.50. The van der Waals surface area contributed by atoms with Gasteiger partial charge in [0, 0.05) is 12.8 Å². The third-order valence-electron chi connectivity index (χ3n) is 5.05. The van der Waals surface area contributed by atoms with Crippen molar-refractivity contribution in [2.45, 2.75) is 117 Å². The first-order valence-corrected chi connectivity index (χ1v) is 11.4. The van der Waals surface area contributed by atoms with Gasteiger partial charge in [0.05, 0.1) is 13.2 Å². The minimum Gasteiger partial charge on any atom is -0.466 e. The molecule has 0 aromatic heterocycles. The standard InChI is InChI=1S/C23H44O4/c1-4-7-9-10-11-12-13-14-19-26-22(24)17-15-18-23(25)27-20-21(6-3)16-8-5-2/h21H,4-20H2,1-3H3. The summed E-state index contributed by atoms with van der Waals surface area (Å²) in [6.45, 7) is 7.56. The van der Waals surface area contributed by atoms with E-state index in [2.05, 4.69) is 20.8 Å². The van der Waals surface area contributed by atoms with E-state index in [9.17, 15) is 9.59 Å². The molecule has 1 atom stereocenters. The van der Waals surface area contributed by atoms with Crippen LogP contribution in [0.1, 0.15) is 117 Å². The normalized spacial score (nSPS) is 12.0. The molecule has 4 nitrogen and oxygen atoms in total. The van der Waals surface area contributed by atoms with E-state index < -0.39 is 0 Å². The second-order valence-electron chi connectivity index (χ2n) is 7.65. The third kappa shape index (κ3) is 18.1. The van der Waals surface area contributed by atoms with Crippen molar-refractivity contribution in [3.05, 3.63) is 0 Å². The minimum atomic E-state index is -0.194. The molecule has 0 spiro atoms. The van der Waals surface area contributed by atoms with Crippen molar-refractivity contribution in [1.29, 1.82) is 0 Å². The molecule has 0 amide bonds. The first-order valence-electron chi connectivity index (χ1n) is 11.4. The highest BCUT2D eigenvalue weighted by Gasteiger charge is 2.11. The number of carbonyl (C=O) groups excluding carboxylic acids is 2. The number of ether oxygens (including phenoxy) is 2. The summed E-state index contributed by atoms with van der Waals surface area (Å²) >= 11 is 0. The number of rotatable bonds is 19. The molecule has 0 aliphatic carbocycles. The Hall–Kier alpha value is -1.06. The van der Waals surface area contributed by atoms with Gasteiger partial charge in [-0.15, -0.1) is 0 Å². The van der Waals surface area contributed by atoms with Crippen LogP contribution in [-0.2, 0) is 19.1 Å². The fourth-order valence-corrected chi connectivity index (χ4v) is 3.05. The predicted octanol–water partition coefficient (Wildman–Crippen LogP) is 6.60. The molecule has 0 heterocycles. The molecule has 27 heavy (non-hydrogen) atoms. The van der Waals surface area contributed by atoms with Gasteiger partial charge in [-0.1, -0.05) is 85.0 Å². The number of unbranched alkanes of at least 4 members (excludes halogenated alkanes) is 8. The van der Waals surface area contributed by atoms with Crippen molar-refractivity contribution in [3.8, 4) is 0 Å². The highest BCUT2D eigenvalue weighted by molar-refractivity contribution is 5.72. The molecule has 0 aromatic rings. The van der Waals surface area contributed by atoms with E-state index in [1.165, 1.54) is 51.4 Å². The lowest BCUT2D eigenvalue weighted by atomic mass is 10.0. The summed E-state index contributed by atoms with van der Waals surface area (Å²) in [7, 11) is 0. The van der Waals surface area contributed by atoms with Gasteiger partial charge in [0.1, 0.15) is 0 Å². The second-order valence-corrected chi connectivity index (χ2v) is 7.65.